The van der Waals surface area contributed by atoms with Crippen molar-refractivity contribution >= 4 is 0 Å². The zero-order chi connectivity index (χ0) is 25.2. The Kier molecular flexibility index (Phi) is 9.90. The minimum absolute atomic E-state index is 0.256. The van der Waals surface area contributed by atoms with Crippen LogP contribution in [0.3, 0.4) is 0 Å². The summed E-state index contributed by atoms with van der Waals surface area (Å²) < 4.78 is 19.0. The van der Waals surface area contributed by atoms with Gasteiger partial charge in [-0.15, -0.1) is 6.58 Å². The van der Waals surface area contributed by atoms with E-state index in [1.54, 1.807) is 17.9 Å². The van der Waals surface area contributed by atoms with Gasteiger partial charge in [0.1, 0.15) is 17.2 Å². The normalized spacial score (nSPS) is 12.2. The van der Waals surface area contributed by atoms with E-state index >= 15 is 0 Å². The summed E-state index contributed by atoms with van der Waals surface area (Å²) in [5, 5.41) is 15.5. The fourth-order valence-electron chi connectivity index (χ4n) is 4.01. The van der Waals surface area contributed by atoms with Gasteiger partial charge in [0.05, 0.1) is 32.0 Å². The summed E-state index contributed by atoms with van der Waals surface area (Å²) in [7, 11) is 3.52. The SMILES string of the molecule is C=CCOC[C@@H](O)CN(Cc1c(-c2ccccc2)nn(C)c1Oc1cccc(OC)c1)CC(C)C. The molecule has 1 heterocycles. The van der Waals surface area contributed by atoms with Crippen LogP contribution in [-0.4, -0.2) is 59.3 Å². The fraction of sp³-hybridized carbons (Fsp3) is 0.393. The first-order valence-electron chi connectivity index (χ1n) is 11.9. The van der Waals surface area contributed by atoms with E-state index in [4.69, 9.17) is 19.3 Å². The lowest BCUT2D eigenvalue weighted by Gasteiger charge is -2.27. The van der Waals surface area contributed by atoms with Crippen LogP contribution in [0.4, 0.5) is 0 Å². The minimum Gasteiger partial charge on any atom is -0.497 e. The molecule has 7 nitrogen and oxygen atoms in total. The van der Waals surface area contributed by atoms with E-state index in [1.807, 2.05) is 61.6 Å². The van der Waals surface area contributed by atoms with Gasteiger partial charge < -0.3 is 19.3 Å². The van der Waals surface area contributed by atoms with Gasteiger partial charge in [-0.25, -0.2) is 4.68 Å². The second-order valence-electron chi connectivity index (χ2n) is 8.97. The van der Waals surface area contributed by atoms with E-state index in [2.05, 4.69) is 25.3 Å². The average Bonchev–Trinajstić information content (AvgIpc) is 3.14. The van der Waals surface area contributed by atoms with Crippen molar-refractivity contribution < 1.29 is 19.3 Å². The Morgan fingerprint density at radius 2 is 1.83 bits per heavy atom. The summed E-state index contributed by atoms with van der Waals surface area (Å²) >= 11 is 0. The van der Waals surface area contributed by atoms with Crippen molar-refractivity contribution in [2.45, 2.75) is 26.5 Å². The van der Waals surface area contributed by atoms with Crippen LogP contribution in [0.25, 0.3) is 11.3 Å². The molecule has 3 rings (SSSR count). The summed E-state index contributed by atoms with van der Waals surface area (Å²) in [4.78, 5) is 2.23. The van der Waals surface area contributed by atoms with Gasteiger partial charge in [-0.1, -0.05) is 56.3 Å². The van der Waals surface area contributed by atoms with E-state index in [0.29, 0.717) is 37.2 Å². The lowest BCUT2D eigenvalue weighted by Crippen LogP contribution is -2.37. The molecule has 188 valence electrons. The van der Waals surface area contributed by atoms with E-state index < -0.39 is 6.10 Å². The molecule has 0 aliphatic carbocycles. The average molecular weight is 480 g/mol. The standard InChI is InChI=1S/C28H37N3O4/c1-6-15-34-20-23(32)18-31(17-21(2)3)19-26-27(22-11-8-7-9-12-22)29-30(4)28(26)35-25-14-10-13-24(16-25)33-5/h6-14,16,21,23,32H,1,15,17-20H2,2-5H3/t23-/m0/s1. The molecule has 1 atom stereocenters. The van der Waals surface area contributed by atoms with Gasteiger partial charge >= 0.3 is 0 Å². The number of aliphatic hydroxyl groups excluding tert-OH is 1. The number of aryl methyl sites for hydroxylation is 1. The number of methoxy groups -OCH3 is 1. The summed E-state index contributed by atoms with van der Waals surface area (Å²) in [5.74, 6) is 2.46. The molecule has 2 aromatic carbocycles. The highest BCUT2D eigenvalue weighted by Crippen LogP contribution is 2.35. The molecule has 0 fully saturated rings. The van der Waals surface area contributed by atoms with E-state index in [1.165, 1.54) is 0 Å². The first-order valence-corrected chi connectivity index (χ1v) is 11.9. The summed E-state index contributed by atoms with van der Waals surface area (Å²) in [6.07, 6.45) is 1.07. The van der Waals surface area contributed by atoms with Gasteiger partial charge in [-0.3, -0.25) is 4.90 Å². The lowest BCUT2D eigenvalue weighted by molar-refractivity contribution is 0.0222. The molecule has 1 aromatic heterocycles. The third kappa shape index (κ3) is 7.68. The van der Waals surface area contributed by atoms with Crippen molar-refractivity contribution in [1.29, 1.82) is 0 Å². The first-order chi connectivity index (χ1) is 16.9. The minimum atomic E-state index is -0.617. The Balaban J connectivity index is 1.96. The molecule has 0 aliphatic rings. The third-order valence-electron chi connectivity index (χ3n) is 5.41. The van der Waals surface area contributed by atoms with Crippen LogP contribution in [0.15, 0.2) is 67.3 Å². The molecule has 0 bridgehead atoms. The topological polar surface area (TPSA) is 69.0 Å². The maximum Gasteiger partial charge on any atom is 0.222 e. The molecule has 1 N–H and O–H groups in total. The molecule has 0 radical (unpaired) electrons. The maximum atomic E-state index is 10.6. The third-order valence-corrected chi connectivity index (χ3v) is 5.41. The zero-order valence-corrected chi connectivity index (χ0v) is 21.2. The molecular weight excluding hydrogens is 442 g/mol. The summed E-state index contributed by atoms with van der Waals surface area (Å²) in [6, 6.07) is 17.6. The van der Waals surface area contributed by atoms with Crippen molar-refractivity contribution in [3.8, 4) is 28.6 Å². The van der Waals surface area contributed by atoms with Gasteiger partial charge in [0.15, 0.2) is 0 Å². The van der Waals surface area contributed by atoms with E-state index in [9.17, 15) is 5.11 Å². The van der Waals surface area contributed by atoms with Gasteiger partial charge in [0.2, 0.25) is 5.88 Å². The lowest BCUT2D eigenvalue weighted by atomic mass is 10.1. The smallest absolute Gasteiger partial charge is 0.222 e. The van der Waals surface area contributed by atoms with Gasteiger partial charge in [-0.05, 0) is 18.1 Å². The van der Waals surface area contributed by atoms with Crippen molar-refractivity contribution in [2.24, 2.45) is 13.0 Å². The number of nitrogens with zero attached hydrogens (tertiary/aromatic N) is 3. The highest BCUT2D eigenvalue weighted by molar-refractivity contribution is 5.65. The van der Waals surface area contributed by atoms with Gasteiger partial charge in [-0.2, -0.15) is 5.10 Å². The van der Waals surface area contributed by atoms with E-state index in [0.717, 1.165) is 29.1 Å². The molecule has 0 saturated carbocycles. The molecular formula is C28H37N3O4. The second-order valence-corrected chi connectivity index (χ2v) is 8.97. The molecule has 0 saturated heterocycles. The number of aliphatic hydroxyl groups is 1. The van der Waals surface area contributed by atoms with Crippen molar-refractivity contribution in [3.63, 3.8) is 0 Å². The first kappa shape index (κ1) is 26.5. The summed E-state index contributed by atoms with van der Waals surface area (Å²) in [6.45, 7) is 10.5. The number of aromatic nitrogens is 2. The molecule has 0 spiro atoms. The van der Waals surface area contributed by atoms with Crippen LogP contribution >= 0.6 is 0 Å². The van der Waals surface area contributed by atoms with Crippen molar-refractivity contribution in [2.75, 3.05) is 33.4 Å². The predicted octanol–water partition coefficient (Wildman–Crippen LogP) is 4.91. The number of rotatable bonds is 14. The van der Waals surface area contributed by atoms with Gasteiger partial charge in [0.25, 0.3) is 0 Å². The zero-order valence-electron chi connectivity index (χ0n) is 21.2. The molecule has 35 heavy (non-hydrogen) atoms. The van der Waals surface area contributed by atoms with Crippen LogP contribution < -0.4 is 9.47 Å². The van der Waals surface area contributed by atoms with Crippen LogP contribution in [0, 0.1) is 5.92 Å². The molecule has 0 aliphatic heterocycles. The largest absolute Gasteiger partial charge is 0.497 e. The quantitative estimate of drug-likeness (QED) is 0.262. The number of ether oxygens (including phenoxy) is 3. The Labute approximate surface area is 208 Å². The highest BCUT2D eigenvalue weighted by atomic mass is 16.5. The number of benzene rings is 2. The number of hydrogen-bond acceptors (Lipinski definition) is 6. The van der Waals surface area contributed by atoms with Crippen LogP contribution in [0.2, 0.25) is 0 Å². The monoisotopic (exact) mass is 479 g/mol. The van der Waals surface area contributed by atoms with Crippen molar-refractivity contribution in [3.05, 3.63) is 72.8 Å². The molecule has 0 unspecified atom stereocenters. The predicted molar refractivity (Wildman–Crippen MR) is 139 cm³/mol. The highest BCUT2D eigenvalue weighted by Gasteiger charge is 2.24. The summed E-state index contributed by atoms with van der Waals surface area (Å²) in [5.41, 5.74) is 2.83. The Morgan fingerprint density at radius 1 is 1.09 bits per heavy atom. The molecule has 0 amide bonds. The Bertz CT molecular complexity index is 1070. The van der Waals surface area contributed by atoms with Gasteiger partial charge in [0, 0.05) is 38.3 Å². The second kappa shape index (κ2) is 13.1. The van der Waals surface area contributed by atoms with Crippen LogP contribution in [0.5, 0.6) is 17.4 Å². The Hall–Kier alpha value is -3.13. The fourth-order valence-corrected chi connectivity index (χ4v) is 4.01. The number of hydrogen-bond donors (Lipinski definition) is 1. The maximum absolute atomic E-state index is 10.6. The molecule has 3 aromatic rings. The van der Waals surface area contributed by atoms with E-state index in [-0.39, 0.29) is 6.61 Å². The molecule has 7 heteroatoms. The Morgan fingerprint density at radius 3 is 2.51 bits per heavy atom. The van der Waals surface area contributed by atoms with Crippen LogP contribution in [-0.2, 0) is 18.3 Å². The van der Waals surface area contributed by atoms with Crippen LogP contribution in [0.1, 0.15) is 19.4 Å². The van der Waals surface area contributed by atoms with Crippen molar-refractivity contribution in [1.82, 2.24) is 14.7 Å².